The summed E-state index contributed by atoms with van der Waals surface area (Å²) in [6.45, 7) is 2.37. The zero-order chi connectivity index (χ0) is 13.8. The Kier molecular flexibility index (Phi) is 4.94. The molecule has 0 aliphatic heterocycles. The van der Waals surface area contributed by atoms with Crippen molar-refractivity contribution in [3.63, 3.8) is 0 Å². The molecule has 6 nitrogen and oxygen atoms in total. The minimum atomic E-state index is -3.56. The number of aliphatic hydroxyl groups excluding tert-OH is 1. The predicted molar refractivity (Wildman–Crippen MR) is 71.8 cm³/mol. The lowest BCUT2D eigenvalue weighted by Gasteiger charge is -2.15. The summed E-state index contributed by atoms with van der Waals surface area (Å²) in [7, 11) is -2.22. The largest absolute Gasteiger partial charge is 0.399 e. The second kappa shape index (κ2) is 6.03. The lowest BCUT2D eigenvalue weighted by atomic mass is 10.2. The molecule has 0 heterocycles. The molecule has 0 fully saturated rings. The molecule has 7 heteroatoms. The van der Waals surface area contributed by atoms with Crippen molar-refractivity contribution in [3.05, 3.63) is 18.2 Å². The van der Waals surface area contributed by atoms with Gasteiger partial charge in [0, 0.05) is 18.8 Å². The number of anilines is 2. The van der Waals surface area contributed by atoms with E-state index in [2.05, 4.69) is 10.0 Å². The number of sulfonamides is 1. The van der Waals surface area contributed by atoms with Crippen molar-refractivity contribution in [1.29, 1.82) is 0 Å². The van der Waals surface area contributed by atoms with Crippen LogP contribution in [-0.4, -0.2) is 33.7 Å². The van der Waals surface area contributed by atoms with E-state index in [1.807, 2.05) is 6.92 Å². The molecular formula is C11H19N3O3S. The number of aliphatic hydroxyl groups is 1. The highest BCUT2D eigenvalue weighted by molar-refractivity contribution is 7.89. The smallest absolute Gasteiger partial charge is 0.242 e. The molecule has 0 saturated carbocycles. The Labute approximate surface area is 107 Å². The van der Waals surface area contributed by atoms with Crippen LogP contribution in [0.2, 0.25) is 0 Å². The van der Waals surface area contributed by atoms with E-state index in [1.165, 1.54) is 13.1 Å². The lowest BCUT2D eigenvalue weighted by Crippen LogP contribution is -2.22. The number of hydrogen-bond donors (Lipinski definition) is 4. The Morgan fingerprint density at radius 1 is 1.44 bits per heavy atom. The van der Waals surface area contributed by atoms with E-state index in [0.29, 0.717) is 17.9 Å². The van der Waals surface area contributed by atoms with Crippen molar-refractivity contribution in [2.75, 3.05) is 31.2 Å². The molecule has 1 atom stereocenters. The molecule has 0 aliphatic carbocycles. The van der Waals surface area contributed by atoms with E-state index in [1.54, 1.807) is 12.1 Å². The third kappa shape index (κ3) is 3.59. The van der Waals surface area contributed by atoms with E-state index >= 15 is 0 Å². The van der Waals surface area contributed by atoms with Gasteiger partial charge in [0.15, 0.2) is 0 Å². The highest BCUT2D eigenvalue weighted by atomic mass is 32.2. The fourth-order valence-electron chi connectivity index (χ4n) is 1.37. The first-order valence-electron chi connectivity index (χ1n) is 5.58. The van der Waals surface area contributed by atoms with Gasteiger partial charge in [-0.15, -0.1) is 0 Å². The van der Waals surface area contributed by atoms with Crippen LogP contribution in [0.5, 0.6) is 0 Å². The number of rotatable bonds is 6. The first-order chi connectivity index (χ1) is 8.40. The number of nitrogen functional groups attached to an aromatic ring is 1. The van der Waals surface area contributed by atoms with Crippen LogP contribution in [0, 0.1) is 5.92 Å². The average molecular weight is 273 g/mol. The van der Waals surface area contributed by atoms with Crippen LogP contribution in [0.15, 0.2) is 23.1 Å². The Bertz CT molecular complexity index is 502. The molecule has 5 N–H and O–H groups in total. The SMILES string of the molecule is CNS(=O)(=O)c1cc(N)ccc1NCC(C)CO. The predicted octanol–water partition coefficient (Wildman–Crippen LogP) is 0.217. The summed E-state index contributed by atoms with van der Waals surface area (Å²) in [4.78, 5) is 0.107. The molecule has 0 aromatic heterocycles. The normalized spacial score (nSPS) is 13.3. The number of nitrogens with one attached hydrogen (secondary N) is 2. The molecular weight excluding hydrogens is 254 g/mol. The van der Waals surface area contributed by atoms with Gasteiger partial charge in [-0.2, -0.15) is 0 Å². The summed E-state index contributed by atoms with van der Waals surface area (Å²) >= 11 is 0. The molecule has 0 spiro atoms. The van der Waals surface area contributed by atoms with Gasteiger partial charge in [-0.05, 0) is 31.2 Å². The Morgan fingerprint density at radius 3 is 2.67 bits per heavy atom. The molecule has 102 valence electrons. The molecule has 1 aromatic rings. The van der Waals surface area contributed by atoms with Crippen molar-refractivity contribution in [2.24, 2.45) is 5.92 Å². The molecule has 18 heavy (non-hydrogen) atoms. The molecule has 1 aromatic carbocycles. The Balaban J connectivity index is 3.05. The van der Waals surface area contributed by atoms with Crippen molar-refractivity contribution in [2.45, 2.75) is 11.8 Å². The van der Waals surface area contributed by atoms with Gasteiger partial charge in [-0.3, -0.25) is 0 Å². The van der Waals surface area contributed by atoms with E-state index in [4.69, 9.17) is 10.8 Å². The molecule has 1 rings (SSSR count). The summed E-state index contributed by atoms with van der Waals surface area (Å²) < 4.78 is 25.9. The molecule has 0 saturated heterocycles. The van der Waals surface area contributed by atoms with Gasteiger partial charge in [0.1, 0.15) is 4.90 Å². The van der Waals surface area contributed by atoms with Crippen molar-refractivity contribution in [3.8, 4) is 0 Å². The highest BCUT2D eigenvalue weighted by Gasteiger charge is 2.17. The van der Waals surface area contributed by atoms with Crippen LogP contribution >= 0.6 is 0 Å². The standard InChI is InChI=1S/C11H19N3O3S/c1-8(7-15)6-14-10-4-3-9(12)5-11(10)18(16,17)13-2/h3-5,8,13-15H,6-7,12H2,1-2H3. The van der Waals surface area contributed by atoms with Crippen LogP contribution in [-0.2, 0) is 10.0 Å². The van der Waals surface area contributed by atoms with Crippen LogP contribution in [0.4, 0.5) is 11.4 Å². The van der Waals surface area contributed by atoms with Crippen molar-refractivity contribution in [1.82, 2.24) is 4.72 Å². The van der Waals surface area contributed by atoms with Crippen LogP contribution in [0.1, 0.15) is 6.92 Å². The molecule has 0 amide bonds. The second-order valence-electron chi connectivity index (χ2n) is 4.13. The number of hydrogen-bond acceptors (Lipinski definition) is 5. The highest BCUT2D eigenvalue weighted by Crippen LogP contribution is 2.23. The summed E-state index contributed by atoms with van der Waals surface area (Å²) in [5.74, 6) is 0.0349. The monoisotopic (exact) mass is 273 g/mol. The van der Waals surface area contributed by atoms with Gasteiger partial charge < -0.3 is 16.2 Å². The van der Waals surface area contributed by atoms with E-state index < -0.39 is 10.0 Å². The van der Waals surface area contributed by atoms with Gasteiger partial charge in [0.25, 0.3) is 0 Å². The van der Waals surface area contributed by atoms with E-state index in [9.17, 15) is 8.42 Å². The minimum Gasteiger partial charge on any atom is -0.399 e. The fraction of sp³-hybridized carbons (Fsp3) is 0.455. The average Bonchev–Trinajstić information content (AvgIpc) is 2.36. The summed E-state index contributed by atoms with van der Waals surface area (Å²) in [5.41, 5.74) is 6.45. The maximum absolute atomic E-state index is 11.8. The maximum atomic E-state index is 11.8. The summed E-state index contributed by atoms with van der Waals surface area (Å²) in [6, 6.07) is 4.64. The van der Waals surface area contributed by atoms with Gasteiger partial charge >= 0.3 is 0 Å². The van der Waals surface area contributed by atoms with Gasteiger partial charge in [0.05, 0.1) is 5.69 Å². The quantitative estimate of drug-likeness (QED) is 0.555. The van der Waals surface area contributed by atoms with E-state index in [-0.39, 0.29) is 17.4 Å². The van der Waals surface area contributed by atoms with Crippen LogP contribution < -0.4 is 15.8 Å². The van der Waals surface area contributed by atoms with Crippen LogP contribution in [0.25, 0.3) is 0 Å². The van der Waals surface area contributed by atoms with E-state index in [0.717, 1.165) is 0 Å². The topological polar surface area (TPSA) is 104 Å². The zero-order valence-corrected chi connectivity index (χ0v) is 11.3. The third-order valence-corrected chi connectivity index (χ3v) is 3.97. The first kappa shape index (κ1) is 14.7. The number of benzene rings is 1. The Morgan fingerprint density at radius 2 is 2.11 bits per heavy atom. The lowest BCUT2D eigenvalue weighted by molar-refractivity contribution is 0.244. The Hall–Kier alpha value is -1.31. The summed E-state index contributed by atoms with van der Waals surface area (Å²) in [5, 5.41) is 11.9. The van der Waals surface area contributed by atoms with Crippen molar-refractivity contribution < 1.29 is 13.5 Å². The third-order valence-electron chi connectivity index (χ3n) is 2.52. The van der Waals surface area contributed by atoms with Gasteiger partial charge in [-0.25, -0.2) is 13.1 Å². The maximum Gasteiger partial charge on any atom is 0.242 e. The number of nitrogens with two attached hydrogens (primary N) is 1. The summed E-state index contributed by atoms with van der Waals surface area (Å²) in [6.07, 6.45) is 0. The molecule has 0 radical (unpaired) electrons. The molecule has 0 bridgehead atoms. The molecule has 1 unspecified atom stereocenters. The molecule has 0 aliphatic rings. The second-order valence-corrected chi connectivity index (χ2v) is 5.99. The zero-order valence-electron chi connectivity index (χ0n) is 10.5. The van der Waals surface area contributed by atoms with Gasteiger partial charge in [0.2, 0.25) is 10.0 Å². The minimum absolute atomic E-state index is 0.0349. The van der Waals surface area contributed by atoms with Gasteiger partial charge in [-0.1, -0.05) is 6.92 Å². The first-order valence-corrected chi connectivity index (χ1v) is 7.07. The van der Waals surface area contributed by atoms with Crippen LogP contribution in [0.3, 0.4) is 0 Å². The van der Waals surface area contributed by atoms with Crippen molar-refractivity contribution >= 4 is 21.4 Å². The fourth-order valence-corrected chi connectivity index (χ4v) is 2.31.